The first kappa shape index (κ1) is 15.9. The lowest BCUT2D eigenvalue weighted by Crippen LogP contribution is -2.32. The number of H-pyrrole nitrogens is 1. The van der Waals surface area contributed by atoms with Gasteiger partial charge in [0.15, 0.2) is 0 Å². The third-order valence-corrected chi connectivity index (χ3v) is 2.87. The number of nitrogens with one attached hydrogen (secondary N) is 3. The van der Waals surface area contributed by atoms with Gasteiger partial charge in [-0.1, -0.05) is 18.2 Å². The van der Waals surface area contributed by atoms with Crippen LogP contribution in [0, 0.1) is 0 Å². The summed E-state index contributed by atoms with van der Waals surface area (Å²) in [6.07, 6.45) is 1.29. The Bertz CT molecular complexity index is 603. The normalized spacial score (nSPS) is 11.0. The number of aromatic nitrogens is 2. The van der Waals surface area contributed by atoms with Crippen LogP contribution in [0.3, 0.4) is 0 Å². The third kappa shape index (κ3) is 5.12. The maximum absolute atomic E-state index is 11.7. The first-order valence-electron chi connectivity index (χ1n) is 7.21. The number of carbonyl (C=O) groups excluding carboxylic acids is 1. The predicted octanol–water partition coefficient (Wildman–Crippen LogP) is 3.05. The lowest BCUT2D eigenvalue weighted by molar-refractivity contribution is 0.0523. The van der Waals surface area contributed by atoms with Gasteiger partial charge in [0, 0.05) is 18.4 Å². The highest BCUT2D eigenvalue weighted by atomic mass is 16.6. The number of hydrogen-bond acceptors (Lipinski definition) is 4. The molecule has 1 heterocycles. The van der Waals surface area contributed by atoms with Gasteiger partial charge in [-0.05, 0) is 38.5 Å². The number of aromatic amines is 1. The lowest BCUT2D eigenvalue weighted by Gasteiger charge is -2.20. The first-order valence-corrected chi connectivity index (χ1v) is 7.21. The van der Waals surface area contributed by atoms with Crippen LogP contribution in [0.25, 0.3) is 0 Å². The van der Waals surface area contributed by atoms with E-state index in [1.807, 2.05) is 51.1 Å². The molecule has 0 bridgehead atoms. The summed E-state index contributed by atoms with van der Waals surface area (Å²) in [4.78, 5) is 11.7. The van der Waals surface area contributed by atoms with Crippen molar-refractivity contribution in [2.24, 2.45) is 0 Å². The highest BCUT2D eigenvalue weighted by Gasteiger charge is 2.16. The van der Waals surface area contributed by atoms with Crippen LogP contribution in [-0.2, 0) is 17.8 Å². The van der Waals surface area contributed by atoms with E-state index >= 15 is 0 Å². The molecule has 1 aromatic heterocycles. The van der Waals surface area contributed by atoms with Crippen LogP contribution in [0.4, 0.5) is 10.5 Å². The standard InChI is InChI=1S/C16H22N4O2/c1-16(2,3)22-15(21)18-10-12-6-4-5-7-14(12)17-11-13-8-9-19-20-13/h4-9,17H,10-11H2,1-3H3,(H,18,21)(H,19,20). The van der Waals surface area contributed by atoms with Crippen molar-refractivity contribution in [1.82, 2.24) is 15.5 Å². The van der Waals surface area contributed by atoms with E-state index in [4.69, 9.17) is 4.74 Å². The molecule has 6 nitrogen and oxygen atoms in total. The molecule has 118 valence electrons. The van der Waals surface area contributed by atoms with Crippen LogP contribution >= 0.6 is 0 Å². The summed E-state index contributed by atoms with van der Waals surface area (Å²) >= 11 is 0. The second-order valence-corrected chi connectivity index (χ2v) is 5.95. The zero-order valence-electron chi connectivity index (χ0n) is 13.1. The number of para-hydroxylation sites is 1. The zero-order chi connectivity index (χ0) is 16.0. The minimum Gasteiger partial charge on any atom is -0.444 e. The molecule has 0 fully saturated rings. The zero-order valence-corrected chi connectivity index (χ0v) is 13.1. The van der Waals surface area contributed by atoms with E-state index in [2.05, 4.69) is 20.8 Å². The van der Waals surface area contributed by atoms with Crippen molar-refractivity contribution >= 4 is 11.8 Å². The highest BCUT2D eigenvalue weighted by molar-refractivity contribution is 5.68. The number of anilines is 1. The molecule has 0 aliphatic heterocycles. The summed E-state index contributed by atoms with van der Waals surface area (Å²) in [5.41, 5.74) is 2.46. The Morgan fingerprint density at radius 1 is 1.23 bits per heavy atom. The molecule has 0 saturated carbocycles. The van der Waals surface area contributed by atoms with Gasteiger partial charge in [0.05, 0.1) is 12.2 Å². The Hall–Kier alpha value is -2.50. The summed E-state index contributed by atoms with van der Waals surface area (Å²) in [7, 11) is 0. The summed E-state index contributed by atoms with van der Waals surface area (Å²) < 4.78 is 5.23. The molecule has 0 aliphatic carbocycles. The van der Waals surface area contributed by atoms with Crippen molar-refractivity contribution in [2.75, 3.05) is 5.32 Å². The molecule has 2 aromatic rings. The summed E-state index contributed by atoms with van der Waals surface area (Å²) in [5.74, 6) is 0. The van der Waals surface area contributed by atoms with Gasteiger partial charge in [-0.15, -0.1) is 0 Å². The van der Waals surface area contributed by atoms with Gasteiger partial charge in [0.25, 0.3) is 0 Å². The number of nitrogens with zero attached hydrogens (tertiary/aromatic N) is 1. The van der Waals surface area contributed by atoms with Gasteiger partial charge in [-0.2, -0.15) is 5.10 Å². The Morgan fingerprint density at radius 3 is 2.68 bits per heavy atom. The monoisotopic (exact) mass is 302 g/mol. The molecule has 0 saturated heterocycles. The number of amides is 1. The average Bonchev–Trinajstić information content (AvgIpc) is 2.95. The fourth-order valence-corrected chi connectivity index (χ4v) is 1.90. The number of benzene rings is 1. The molecular formula is C16H22N4O2. The van der Waals surface area contributed by atoms with Crippen molar-refractivity contribution in [1.29, 1.82) is 0 Å². The number of alkyl carbamates (subject to hydrolysis) is 1. The summed E-state index contributed by atoms with van der Waals surface area (Å²) in [6.45, 7) is 6.57. The topological polar surface area (TPSA) is 79.0 Å². The Morgan fingerprint density at radius 2 is 2.00 bits per heavy atom. The molecule has 0 atom stereocenters. The van der Waals surface area contributed by atoms with Crippen LogP contribution in [0.15, 0.2) is 36.5 Å². The van der Waals surface area contributed by atoms with Crippen molar-refractivity contribution in [3.63, 3.8) is 0 Å². The summed E-state index contributed by atoms with van der Waals surface area (Å²) in [5, 5.41) is 12.9. The fourth-order valence-electron chi connectivity index (χ4n) is 1.90. The molecule has 6 heteroatoms. The first-order chi connectivity index (χ1) is 10.4. The Labute approximate surface area is 130 Å². The second-order valence-electron chi connectivity index (χ2n) is 5.95. The van der Waals surface area contributed by atoms with E-state index in [-0.39, 0.29) is 0 Å². The molecule has 3 N–H and O–H groups in total. The molecule has 1 amide bonds. The molecule has 22 heavy (non-hydrogen) atoms. The van der Waals surface area contributed by atoms with Gasteiger partial charge in [0.2, 0.25) is 0 Å². The second kappa shape index (κ2) is 6.98. The van der Waals surface area contributed by atoms with Crippen molar-refractivity contribution < 1.29 is 9.53 Å². The van der Waals surface area contributed by atoms with E-state index in [0.29, 0.717) is 13.1 Å². The third-order valence-electron chi connectivity index (χ3n) is 2.87. The lowest BCUT2D eigenvalue weighted by atomic mass is 10.1. The van der Waals surface area contributed by atoms with E-state index in [1.54, 1.807) is 6.20 Å². The maximum Gasteiger partial charge on any atom is 0.407 e. The molecule has 0 aliphatic rings. The molecule has 0 unspecified atom stereocenters. The van der Waals surface area contributed by atoms with Crippen molar-refractivity contribution in [2.45, 2.75) is 39.5 Å². The van der Waals surface area contributed by atoms with Gasteiger partial charge in [-0.25, -0.2) is 4.79 Å². The van der Waals surface area contributed by atoms with E-state index < -0.39 is 11.7 Å². The smallest absolute Gasteiger partial charge is 0.407 e. The quantitative estimate of drug-likeness (QED) is 0.793. The van der Waals surface area contributed by atoms with Crippen LogP contribution in [0.2, 0.25) is 0 Å². The molecule has 1 aromatic carbocycles. The van der Waals surface area contributed by atoms with E-state index in [1.165, 1.54) is 0 Å². The minimum absolute atomic E-state index is 0.404. The highest BCUT2D eigenvalue weighted by Crippen LogP contribution is 2.16. The van der Waals surface area contributed by atoms with Gasteiger partial charge < -0.3 is 15.4 Å². The van der Waals surface area contributed by atoms with E-state index in [0.717, 1.165) is 16.9 Å². The number of carbonyl (C=O) groups is 1. The van der Waals surface area contributed by atoms with Crippen molar-refractivity contribution in [3.8, 4) is 0 Å². The van der Waals surface area contributed by atoms with Crippen LogP contribution in [-0.4, -0.2) is 21.9 Å². The van der Waals surface area contributed by atoms with Crippen LogP contribution in [0.1, 0.15) is 32.0 Å². The van der Waals surface area contributed by atoms with Crippen LogP contribution in [0.5, 0.6) is 0 Å². The number of ether oxygens (including phenoxy) is 1. The van der Waals surface area contributed by atoms with Crippen molar-refractivity contribution in [3.05, 3.63) is 47.8 Å². The minimum atomic E-state index is -0.498. The number of rotatable bonds is 5. The predicted molar refractivity (Wildman–Crippen MR) is 85.4 cm³/mol. The molecule has 0 radical (unpaired) electrons. The fraction of sp³-hybridized carbons (Fsp3) is 0.375. The summed E-state index contributed by atoms with van der Waals surface area (Å²) in [6, 6.07) is 9.74. The SMILES string of the molecule is CC(C)(C)OC(=O)NCc1ccccc1NCc1ccn[nH]1. The Balaban J connectivity index is 1.92. The van der Waals surface area contributed by atoms with Gasteiger partial charge >= 0.3 is 6.09 Å². The molecule has 0 spiro atoms. The van der Waals surface area contributed by atoms with Gasteiger partial charge in [0.1, 0.15) is 5.60 Å². The Kier molecular flexibility index (Phi) is 5.04. The molecular weight excluding hydrogens is 280 g/mol. The average molecular weight is 302 g/mol. The van der Waals surface area contributed by atoms with E-state index in [9.17, 15) is 4.79 Å². The molecule has 2 rings (SSSR count). The van der Waals surface area contributed by atoms with Crippen LogP contribution < -0.4 is 10.6 Å². The number of hydrogen-bond donors (Lipinski definition) is 3. The largest absolute Gasteiger partial charge is 0.444 e. The maximum atomic E-state index is 11.7. The van der Waals surface area contributed by atoms with Gasteiger partial charge in [-0.3, -0.25) is 5.10 Å².